The van der Waals surface area contributed by atoms with Gasteiger partial charge in [0.1, 0.15) is 11.6 Å². The van der Waals surface area contributed by atoms with E-state index in [0.29, 0.717) is 27.8 Å². The van der Waals surface area contributed by atoms with E-state index in [1.54, 1.807) is 26.0 Å². The first-order valence-electron chi connectivity index (χ1n) is 6.94. The molecule has 5 nitrogen and oxygen atoms in total. The van der Waals surface area contributed by atoms with Gasteiger partial charge in [0.2, 0.25) is 0 Å². The van der Waals surface area contributed by atoms with Crippen molar-refractivity contribution in [2.24, 2.45) is 0 Å². The van der Waals surface area contributed by atoms with Crippen LogP contribution < -0.4 is 5.56 Å². The van der Waals surface area contributed by atoms with E-state index in [2.05, 4.69) is 5.10 Å². The predicted molar refractivity (Wildman–Crippen MR) is 90.6 cm³/mol. The lowest BCUT2D eigenvalue weighted by molar-refractivity contribution is 0.239. The van der Waals surface area contributed by atoms with E-state index in [1.165, 1.54) is 4.68 Å². The molecule has 120 valence electrons. The third-order valence-electron chi connectivity index (χ3n) is 3.56. The monoisotopic (exact) mass is 350 g/mol. The average Bonchev–Trinajstić information content (AvgIpc) is 2.49. The fourth-order valence-corrected chi connectivity index (χ4v) is 2.55. The molecule has 0 fully saturated rings. The second kappa shape index (κ2) is 7.14. The molecule has 2 rings (SSSR count). The Labute approximate surface area is 144 Å². The predicted octanol–water partition coefficient (Wildman–Crippen LogP) is 3.13. The molecular weight excluding hydrogens is 335 g/mol. The first-order chi connectivity index (χ1) is 10.8. The summed E-state index contributed by atoms with van der Waals surface area (Å²) in [6.45, 7) is 4.35. The number of rotatable bonds is 4. The zero-order chi connectivity index (χ0) is 17.1. The van der Waals surface area contributed by atoms with Crippen molar-refractivity contribution < 1.29 is 0 Å². The minimum absolute atomic E-state index is 0.139. The van der Waals surface area contributed by atoms with E-state index >= 15 is 0 Å². The Morgan fingerprint density at radius 1 is 1.30 bits per heavy atom. The third kappa shape index (κ3) is 3.91. The minimum Gasteiger partial charge on any atom is -0.283 e. The van der Waals surface area contributed by atoms with E-state index in [4.69, 9.17) is 28.5 Å². The van der Waals surface area contributed by atoms with Gasteiger partial charge in [0.05, 0.1) is 22.4 Å². The molecule has 0 saturated heterocycles. The summed E-state index contributed by atoms with van der Waals surface area (Å²) in [4.78, 5) is 14.2. The number of hydrogen-bond acceptors (Lipinski definition) is 4. The smallest absolute Gasteiger partial charge is 0.283 e. The summed E-state index contributed by atoms with van der Waals surface area (Å²) in [5.41, 5.74) is 2.03. The Kier molecular flexibility index (Phi) is 5.42. The Balaban J connectivity index is 2.22. The highest BCUT2D eigenvalue weighted by molar-refractivity contribution is 6.42. The highest BCUT2D eigenvalue weighted by Crippen LogP contribution is 2.23. The number of aryl methyl sites for hydroxylation is 1. The summed E-state index contributed by atoms with van der Waals surface area (Å²) in [5, 5.41) is 14.4. The van der Waals surface area contributed by atoms with Crippen molar-refractivity contribution in [1.82, 2.24) is 14.7 Å². The largest absolute Gasteiger partial charge is 0.286 e. The maximum atomic E-state index is 12.3. The SMILES string of the molecule is Cc1nn(CN(C)Cc2ccc(Cl)c(Cl)c2)c(=O)c(C#N)c1C. The van der Waals surface area contributed by atoms with Gasteiger partial charge in [-0.25, -0.2) is 4.68 Å². The van der Waals surface area contributed by atoms with E-state index in [-0.39, 0.29) is 17.8 Å². The number of nitrogens with zero attached hydrogens (tertiary/aromatic N) is 4. The van der Waals surface area contributed by atoms with Gasteiger partial charge in [-0.2, -0.15) is 10.4 Å². The van der Waals surface area contributed by atoms with E-state index < -0.39 is 0 Å². The Morgan fingerprint density at radius 3 is 2.61 bits per heavy atom. The second-order valence-electron chi connectivity index (χ2n) is 5.41. The van der Waals surface area contributed by atoms with Gasteiger partial charge in [0, 0.05) is 6.54 Å². The van der Waals surface area contributed by atoms with Crippen molar-refractivity contribution in [1.29, 1.82) is 5.26 Å². The van der Waals surface area contributed by atoms with Crippen molar-refractivity contribution in [3.05, 3.63) is 61.0 Å². The zero-order valence-electron chi connectivity index (χ0n) is 13.1. The third-order valence-corrected chi connectivity index (χ3v) is 4.30. The van der Waals surface area contributed by atoms with E-state index in [0.717, 1.165) is 5.56 Å². The molecule has 0 radical (unpaired) electrons. The molecule has 0 spiro atoms. The maximum Gasteiger partial charge on any atom is 0.286 e. The molecule has 0 aliphatic heterocycles. The van der Waals surface area contributed by atoms with Gasteiger partial charge in [0.15, 0.2) is 0 Å². The van der Waals surface area contributed by atoms with Crippen LogP contribution in [0, 0.1) is 25.2 Å². The number of nitriles is 1. The van der Waals surface area contributed by atoms with Crippen LogP contribution in [0.25, 0.3) is 0 Å². The summed E-state index contributed by atoms with van der Waals surface area (Å²) in [5.74, 6) is 0. The molecule has 0 aliphatic carbocycles. The van der Waals surface area contributed by atoms with Crippen molar-refractivity contribution in [3.8, 4) is 6.07 Å². The fourth-order valence-electron chi connectivity index (χ4n) is 2.23. The van der Waals surface area contributed by atoms with Crippen LogP contribution in [0.3, 0.4) is 0 Å². The lowest BCUT2D eigenvalue weighted by Crippen LogP contribution is -2.34. The number of hydrogen-bond donors (Lipinski definition) is 0. The normalized spacial score (nSPS) is 10.8. The van der Waals surface area contributed by atoms with Gasteiger partial charge in [-0.3, -0.25) is 9.69 Å². The Bertz CT molecular complexity index is 839. The van der Waals surface area contributed by atoms with Crippen LogP contribution in [0.4, 0.5) is 0 Å². The standard InChI is InChI=1S/C16H16Cl2N4O/c1-10-11(2)20-22(16(23)13(10)7-19)9-21(3)8-12-4-5-14(17)15(18)6-12/h4-6H,8-9H2,1-3H3. The van der Waals surface area contributed by atoms with Gasteiger partial charge < -0.3 is 0 Å². The molecular formula is C16H16Cl2N4O. The molecule has 0 amide bonds. The molecule has 1 heterocycles. The molecule has 2 aromatic rings. The minimum atomic E-state index is -0.378. The first-order valence-corrected chi connectivity index (χ1v) is 7.70. The van der Waals surface area contributed by atoms with Crippen molar-refractivity contribution in [2.45, 2.75) is 27.1 Å². The number of aromatic nitrogens is 2. The molecule has 7 heteroatoms. The molecule has 0 N–H and O–H groups in total. The molecule has 23 heavy (non-hydrogen) atoms. The molecule has 0 atom stereocenters. The molecule has 1 aromatic heterocycles. The van der Waals surface area contributed by atoms with Gasteiger partial charge >= 0.3 is 0 Å². The van der Waals surface area contributed by atoms with Crippen LogP contribution in [-0.4, -0.2) is 21.7 Å². The molecule has 0 aliphatic rings. The summed E-state index contributed by atoms with van der Waals surface area (Å²) in [7, 11) is 1.86. The summed E-state index contributed by atoms with van der Waals surface area (Å²) in [6.07, 6.45) is 0. The lowest BCUT2D eigenvalue weighted by Gasteiger charge is -2.18. The van der Waals surface area contributed by atoms with E-state index in [1.807, 2.05) is 24.1 Å². The fraction of sp³-hybridized carbons (Fsp3) is 0.312. The van der Waals surface area contributed by atoms with Gasteiger partial charge in [-0.05, 0) is 44.2 Å². The molecule has 1 aromatic carbocycles. The first kappa shape index (κ1) is 17.5. The van der Waals surface area contributed by atoms with Crippen LogP contribution in [0.5, 0.6) is 0 Å². The average molecular weight is 351 g/mol. The van der Waals surface area contributed by atoms with Crippen molar-refractivity contribution >= 4 is 23.2 Å². The molecule has 0 saturated carbocycles. The summed E-state index contributed by atoms with van der Waals surface area (Å²) in [6, 6.07) is 7.36. The van der Waals surface area contributed by atoms with Crippen LogP contribution in [0.15, 0.2) is 23.0 Å². The molecule has 0 bridgehead atoms. The van der Waals surface area contributed by atoms with Crippen LogP contribution in [-0.2, 0) is 13.2 Å². The second-order valence-corrected chi connectivity index (χ2v) is 6.22. The van der Waals surface area contributed by atoms with Gasteiger partial charge in [-0.15, -0.1) is 0 Å². The lowest BCUT2D eigenvalue weighted by atomic mass is 10.1. The summed E-state index contributed by atoms with van der Waals surface area (Å²) >= 11 is 11.9. The highest BCUT2D eigenvalue weighted by atomic mass is 35.5. The zero-order valence-corrected chi connectivity index (χ0v) is 14.6. The van der Waals surface area contributed by atoms with Crippen molar-refractivity contribution in [3.63, 3.8) is 0 Å². The Hall–Kier alpha value is -1.87. The van der Waals surface area contributed by atoms with Crippen LogP contribution in [0.1, 0.15) is 22.4 Å². The van der Waals surface area contributed by atoms with Gasteiger partial charge in [-0.1, -0.05) is 29.3 Å². The quantitative estimate of drug-likeness (QED) is 0.849. The molecule has 0 unspecified atom stereocenters. The van der Waals surface area contributed by atoms with Crippen LogP contribution in [0.2, 0.25) is 10.0 Å². The van der Waals surface area contributed by atoms with Crippen LogP contribution >= 0.6 is 23.2 Å². The highest BCUT2D eigenvalue weighted by Gasteiger charge is 2.13. The summed E-state index contributed by atoms with van der Waals surface area (Å²) < 4.78 is 1.30. The number of halogens is 2. The number of benzene rings is 1. The van der Waals surface area contributed by atoms with Crippen molar-refractivity contribution in [2.75, 3.05) is 7.05 Å². The topological polar surface area (TPSA) is 61.9 Å². The Morgan fingerprint density at radius 2 is 2.00 bits per heavy atom. The van der Waals surface area contributed by atoms with E-state index in [9.17, 15) is 4.79 Å². The maximum absolute atomic E-state index is 12.3. The van der Waals surface area contributed by atoms with Gasteiger partial charge in [0.25, 0.3) is 5.56 Å².